The predicted molar refractivity (Wildman–Crippen MR) is 84.2 cm³/mol. The number of para-hydroxylation sites is 1. The van der Waals surface area contributed by atoms with Crippen LogP contribution in [0.15, 0.2) is 48.5 Å². The lowest BCUT2D eigenvalue weighted by atomic mass is 10.1. The largest absolute Gasteiger partial charge is 0.355 e. The lowest BCUT2D eigenvalue weighted by molar-refractivity contribution is 0.921. The molecule has 0 aliphatic heterocycles. The van der Waals surface area contributed by atoms with Gasteiger partial charge in [0.1, 0.15) is 0 Å². The topological polar surface area (TPSA) is 12.0 Å². The maximum Gasteiger partial charge on any atom is 0.0416 e. The van der Waals surface area contributed by atoms with Crippen molar-refractivity contribution < 1.29 is 0 Å². The zero-order chi connectivity index (χ0) is 13.5. The molecule has 2 aromatic rings. The number of aryl methyl sites for hydroxylation is 2. The molecule has 0 aliphatic rings. The van der Waals surface area contributed by atoms with Crippen molar-refractivity contribution >= 4 is 11.4 Å². The molecule has 100 valence electrons. The average Bonchev–Trinajstić information content (AvgIpc) is 2.44. The van der Waals surface area contributed by atoms with E-state index in [2.05, 4.69) is 67.7 Å². The molecule has 0 fully saturated rings. The second-order valence-electron chi connectivity index (χ2n) is 4.98. The van der Waals surface area contributed by atoms with E-state index in [4.69, 9.17) is 0 Å². The molecule has 0 aromatic heterocycles. The van der Waals surface area contributed by atoms with Gasteiger partial charge in [-0.3, -0.25) is 0 Å². The Kier molecular flexibility index (Phi) is 5.02. The smallest absolute Gasteiger partial charge is 0.0416 e. The minimum Gasteiger partial charge on any atom is -0.355 e. The van der Waals surface area contributed by atoms with Gasteiger partial charge in [0, 0.05) is 11.4 Å². The average molecular weight is 253 g/mol. The van der Waals surface area contributed by atoms with E-state index >= 15 is 0 Å². The molecule has 0 spiro atoms. The summed E-state index contributed by atoms with van der Waals surface area (Å²) in [5.41, 5.74) is 5.20. The Hall–Kier alpha value is -1.76. The van der Waals surface area contributed by atoms with E-state index in [1.165, 1.54) is 35.3 Å². The normalized spacial score (nSPS) is 10.4. The SMILES string of the molecule is CCCc1ccc(Nc2ccccc2CCC)cc1. The molecular weight excluding hydrogens is 230 g/mol. The van der Waals surface area contributed by atoms with Crippen LogP contribution in [0.25, 0.3) is 0 Å². The van der Waals surface area contributed by atoms with Gasteiger partial charge >= 0.3 is 0 Å². The first-order valence-corrected chi connectivity index (χ1v) is 7.27. The number of hydrogen-bond donors (Lipinski definition) is 1. The van der Waals surface area contributed by atoms with Crippen molar-refractivity contribution in [1.82, 2.24) is 0 Å². The van der Waals surface area contributed by atoms with Crippen LogP contribution in [0.4, 0.5) is 11.4 Å². The fourth-order valence-corrected chi connectivity index (χ4v) is 2.33. The van der Waals surface area contributed by atoms with Crippen molar-refractivity contribution in [2.45, 2.75) is 39.5 Å². The standard InChI is InChI=1S/C18H23N/c1-3-7-15-11-13-17(14-12-15)19-18-10-6-5-9-16(18)8-4-2/h5-6,9-14,19H,3-4,7-8H2,1-2H3. The quantitative estimate of drug-likeness (QED) is 0.733. The molecule has 2 aromatic carbocycles. The molecule has 0 amide bonds. The molecule has 1 N–H and O–H groups in total. The van der Waals surface area contributed by atoms with Crippen LogP contribution in [0.5, 0.6) is 0 Å². The molecule has 0 unspecified atom stereocenters. The minimum atomic E-state index is 1.12. The molecule has 0 heterocycles. The van der Waals surface area contributed by atoms with Crippen molar-refractivity contribution in [3.63, 3.8) is 0 Å². The zero-order valence-corrected chi connectivity index (χ0v) is 11.9. The number of benzene rings is 2. The van der Waals surface area contributed by atoms with Crippen LogP contribution < -0.4 is 5.32 Å². The molecule has 0 radical (unpaired) electrons. The van der Waals surface area contributed by atoms with Gasteiger partial charge in [0.15, 0.2) is 0 Å². The Bertz CT molecular complexity index is 499. The van der Waals surface area contributed by atoms with E-state index < -0.39 is 0 Å². The van der Waals surface area contributed by atoms with Gasteiger partial charge in [-0.2, -0.15) is 0 Å². The zero-order valence-electron chi connectivity index (χ0n) is 11.9. The van der Waals surface area contributed by atoms with E-state index in [0.717, 1.165) is 12.8 Å². The van der Waals surface area contributed by atoms with Gasteiger partial charge in [0.25, 0.3) is 0 Å². The third-order valence-electron chi connectivity index (χ3n) is 3.31. The molecule has 19 heavy (non-hydrogen) atoms. The highest BCUT2D eigenvalue weighted by molar-refractivity contribution is 5.63. The summed E-state index contributed by atoms with van der Waals surface area (Å²) in [6.45, 7) is 4.43. The highest BCUT2D eigenvalue weighted by atomic mass is 14.9. The summed E-state index contributed by atoms with van der Waals surface area (Å²) >= 11 is 0. The fraction of sp³-hybridized carbons (Fsp3) is 0.333. The summed E-state index contributed by atoms with van der Waals surface area (Å²) in [7, 11) is 0. The number of nitrogens with one attached hydrogen (secondary N) is 1. The van der Waals surface area contributed by atoms with E-state index in [9.17, 15) is 0 Å². The van der Waals surface area contributed by atoms with Crippen molar-refractivity contribution in [2.24, 2.45) is 0 Å². The summed E-state index contributed by atoms with van der Waals surface area (Å²) in [5, 5.41) is 3.53. The van der Waals surface area contributed by atoms with Gasteiger partial charge in [-0.05, 0) is 42.2 Å². The third-order valence-corrected chi connectivity index (χ3v) is 3.31. The lowest BCUT2D eigenvalue weighted by Crippen LogP contribution is -1.96. The monoisotopic (exact) mass is 253 g/mol. The molecular formula is C18H23N. The van der Waals surface area contributed by atoms with Gasteiger partial charge in [0.2, 0.25) is 0 Å². The minimum absolute atomic E-state index is 1.12. The summed E-state index contributed by atoms with van der Waals surface area (Å²) in [4.78, 5) is 0. The number of anilines is 2. The third kappa shape index (κ3) is 3.85. The summed E-state index contributed by atoms with van der Waals surface area (Å²) in [5.74, 6) is 0. The first-order valence-electron chi connectivity index (χ1n) is 7.27. The van der Waals surface area contributed by atoms with Gasteiger partial charge in [0.05, 0.1) is 0 Å². The Morgan fingerprint density at radius 1 is 0.789 bits per heavy atom. The Morgan fingerprint density at radius 3 is 2.16 bits per heavy atom. The highest BCUT2D eigenvalue weighted by Crippen LogP contribution is 2.22. The van der Waals surface area contributed by atoms with Gasteiger partial charge < -0.3 is 5.32 Å². The Morgan fingerprint density at radius 2 is 1.47 bits per heavy atom. The van der Waals surface area contributed by atoms with Crippen LogP contribution >= 0.6 is 0 Å². The molecule has 0 bridgehead atoms. The van der Waals surface area contributed by atoms with E-state index in [1.54, 1.807) is 0 Å². The molecule has 0 aliphatic carbocycles. The molecule has 1 heteroatoms. The van der Waals surface area contributed by atoms with Crippen LogP contribution in [0.3, 0.4) is 0 Å². The number of hydrogen-bond acceptors (Lipinski definition) is 1. The first kappa shape index (κ1) is 13.7. The molecule has 2 rings (SSSR count). The number of rotatable bonds is 6. The second-order valence-corrected chi connectivity index (χ2v) is 4.98. The Balaban J connectivity index is 2.12. The van der Waals surface area contributed by atoms with E-state index in [1.807, 2.05) is 0 Å². The maximum atomic E-state index is 3.53. The van der Waals surface area contributed by atoms with Gasteiger partial charge in [-0.25, -0.2) is 0 Å². The second kappa shape index (κ2) is 6.98. The molecule has 0 atom stereocenters. The van der Waals surface area contributed by atoms with Crippen molar-refractivity contribution in [3.05, 3.63) is 59.7 Å². The highest BCUT2D eigenvalue weighted by Gasteiger charge is 2.01. The predicted octanol–water partition coefficient (Wildman–Crippen LogP) is 5.34. The van der Waals surface area contributed by atoms with Gasteiger partial charge in [-0.15, -0.1) is 0 Å². The first-order chi connectivity index (χ1) is 9.33. The van der Waals surface area contributed by atoms with E-state index in [-0.39, 0.29) is 0 Å². The van der Waals surface area contributed by atoms with Crippen molar-refractivity contribution in [2.75, 3.05) is 5.32 Å². The maximum absolute atomic E-state index is 3.53. The van der Waals surface area contributed by atoms with Crippen LogP contribution in [0.2, 0.25) is 0 Å². The molecule has 1 nitrogen and oxygen atoms in total. The lowest BCUT2D eigenvalue weighted by Gasteiger charge is -2.12. The van der Waals surface area contributed by atoms with Crippen molar-refractivity contribution in [3.8, 4) is 0 Å². The summed E-state index contributed by atoms with van der Waals surface area (Å²) < 4.78 is 0. The summed E-state index contributed by atoms with van der Waals surface area (Å²) in [6, 6.07) is 17.3. The fourth-order valence-electron chi connectivity index (χ4n) is 2.33. The van der Waals surface area contributed by atoms with Gasteiger partial charge in [-0.1, -0.05) is 57.0 Å². The van der Waals surface area contributed by atoms with E-state index in [0.29, 0.717) is 0 Å². The molecule has 0 saturated carbocycles. The molecule has 0 saturated heterocycles. The van der Waals surface area contributed by atoms with Crippen molar-refractivity contribution in [1.29, 1.82) is 0 Å². The van der Waals surface area contributed by atoms with Crippen LogP contribution in [0, 0.1) is 0 Å². The Labute approximate surface area is 116 Å². The van der Waals surface area contributed by atoms with Crippen LogP contribution in [0.1, 0.15) is 37.8 Å². The summed E-state index contributed by atoms with van der Waals surface area (Å²) in [6.07, 6.45) is 4.66. The van der Waals surface area contributed by atoms with Crippen LogP contribution in [-0.2, 0) is 12.8 Å². The van der Waals surface area contributed by atoms with Crippen LogP contribution in [-0.4, -0.2) is 0 Å².